The lowest BCUT2D eigenvalue weighted by Gasteiger charge is -2.36. The maximum absolute atomic E-state index is 12.2. The van der Waals surface area contributed by atoms with Crippen LogP contribution < -0.4 is 5.32 Å². The molecule has 0 saturated carbocycles. The average molecular weight is 285 g/mol. The highest BCUT2D eigenvalue weighted by atomic mass is 16.4. The van der Waals surface area contributed by atoms with Gasteiger partial charge in [0.1, 0.15) is 6.04 Å². The lowest BCUT2D eigenvalue weighted by atomic mass is 10.0. The Balaban J connectivity index is 2.52. The van der Waals surface area contributed by atoms with Crippen LogP contribution in [0, 0.1) is 5.92 Å². The number of rotatable bonds is 5. The fourth-order valence-corrected chi connectivity index (χ4v) is 2.54. The van der Waals surface area contributed by atoms with Crippen molar-refractivity contribution in [2.75, 3.05) is 26.7 Å². The molecular weight excluding hydrogens is 258 g/mol. The Morgan fingerprint density at radius 3 is 2.30 bits per heavy atom. The Morgan fingerprint density at radius 2 is 1.90 bits per heavy atom. The largest absolute Gasteiger partial charge is 0.480 e. The zero-order valence-corrected chi connectivity index (χ0v) is 12.9. The van der Waals surface area contributed by atoms with Gasteiger partial charge in [0.25, 0.3) is 0 Å². The number of aliphatic carboxylic acids is 1. The van der Waals surface area contributed by atoms with Gasteiger partial charge in [0, 0.05) is 26.2 Å². The van der Waals surface area contributed by atoms with Gasteiger partial charge in [0.15, 0.2) is 0 Å². The van der Waals surface area contributed by atoms with Crippen LogP contribution in [0.3, 0.4) is 0 Å². The smallest absolute Gasteiger partial charge is 0.326 e. The van der Waals surface area contributed by atoms with Gasteiger partial charge in [-0.15, -0.1) is 0 Å². The second-order valence-corrected chi connectivity index (χ2v) is 5.79. The molecule has 1 heterocycles. The highest BCUT2D eigenvalue weighted by Gasteiger charge is 2.29. The number of carboxylic acids is 1. The fraction of sp³-hybridized carbons (Fsp3) is 0.857. The second-order valence-electron chi connectivity index (χ2n) is 5.79. The summed E-state index contributed by atoms with van der Waals surface area (Å²) in [6.07, 6.45) is 1.88. The molecule has 0 unspecified atom stereocenters. The summed E-state index contributed by atoms with van der Waals surface area (Å²) in [5.41, 5.74) is 0. The number of nitrogens with zero attached hydrogens (tertiary/aromatic N) is 2. The van der Waals surface area contributed by atoms with Gasteiger partial charge in [-0.1, -0.05) is 20.8 Å². The average Bonchev–Trinajstić information content (AvgIpc) is 2.43. The molecule has 0 aliphatic carbocycles. The van der Waals surface area contributed by atoms with Gasteiger partial charge >= 0.3 is 12.0 Å². The third kappa shape index (κ3) is 4.37. The zero-order chi connectivity index (χ0) is 15.3. The molecule has 0 spiro atoms. The van der Waals surface area contributed by atoms with Gasteiger partial charge in [-0.2, -0.15) is 0 Å². The second kappa shape index (κ2) is 7.47. The first kappa shape index (κ1) is 16.8. The van der Waals surface area contributed by atoms with Crippen LogP contribution in [0.5, 0.6) is 0 Å². The number of piperidine rings is 1. The molecule has 1 aliphatic heterocycles. The number of nitrogens with one attached hydrogen (secondary N) is 1. The number of urea groups is 1. The molecule has 1 fully saturated rings. The van der Waals surface area contributed by atoms with Crippen molar-refractivity contribution in [1.29, 1.82) is 0 Å². The number of amides is 2. The maximum Gasteiger partial charge on any atom is 0.326 e. The standard InChI is InChI=1S/C14H27N3O3/c1-5-17-8-6-11(7-9-17)16(4)14(20)15-12(10(2)3)13(18)19/h10-12H,5-9H2,1-4H3,(H,15,20)(H,18,19)/t12-/m0/s1. The van der Waals surface area contributed by atoms with Crippen LogP contribution in [-0.4, -0.2) is 65.7 Å². The molecule has 0 aromatic heterocycles. The Kier molecular flexibility index (Phi) is 6.26. The number of carboxylic acid groups (broad SMARTS) is 1. The van der Waals surface area contributed by atoms with Crippen molar-refractivity contribution in [3.8, 4) is 0 Å². The predicted molar refractivity (Wildman–Crippen MR) is 77.7 cm³/mol. The van der Waals surface area contributed by atoms with Crippen LogP contribution in [-0.2, 0) is 4.79 Å². The van der Waals surface area contributed by atoms with Gasteiger partial charge < -0.3 is 20.2 Å². The quantitative estimate of drug-likeness (QED) is 0.796. The summed E-state index contributed by atoms with van der Waals surface area (Å²) in [5.74, 6) is -1.12. The van der Waals surface area contributed by atoms with Crippen molar-refractivity contribution in [3.63, 3.8) is 0 Å². The number of carbonyl (C=O) groups excluding carboxylic acids is 1. The van der Waals surface area contributed by atoms with Crippen LogP contribution in [0.2, 0.25) is 0 Å². The normalized spacial score (nSPS) is 18.9. The molecule has 0 aromatic rings. The van der Waals surface area contributed by atoms with Crippen LogP contribution in [0.1, 0.15) is 33.6 Å². The molecule has 2 amide bonds. The van der Waals surface area contributed by atoms with Crippen molar-refractivity contribution in [2.45, 2.75) is 45.7 Å². The van der Waals surface area contributed by atoms with Gasteiger partial charge in [-0.25, -0.2) is 9.59 Å². The van der Waals surface area contributed by atoms with Crippen LogP contribution in [0.25, 0.3) is 0 Å². The summed E-state index contributed by atoms with van der Waals surface area (Å²) in [6, 6.07) is -0.930. The summed E-state index contributed by atoms with van der Waals surface area (Å²) >= 11 is 0. The molecule has 0 bridgehead atoms. The van der Waals surface area contributed by atoms with Crippen LogP contribution >= 0.6 is 0 Å². The summed E-state index contributed by atoms with van der Waals surface area (Å²) in [7, 11) is 1.75. The van der Waals surface area contributed by atoms with Crippen molar-refractivity contribution < 1.29 is 14.7 Å². The number of hydrogen-bond acceptors (Lipinski definition) is 3. The molecule has 6 heteroatoms. The maximum atomic E-state index is 12.2. The summed E-state index contributed by atoms with van der Waals surface area (Å²) < 4.78 is 0. The Labute approximate surface area is 121 Å². The van der Waals surface area contributed by atoms with E-state index in [0.717, 1.165) is 32.5 Å². The Hall–Kier alpha value is -1.30. The molecule has 116 valence electrons. The molecule has 0 radical (unpaired) electrons. The third-order valence-electron chi connectivity index (χ3n) is 4.08. The highest BCUT2D eigenvalue weighted by molar-refractivity contribution is 5.82. The van der Waals surface area contributed by atoms with Gasteiger partial charge in [-0.05, 0) is 25.3 Å². The lowest BCUT2D eigenvalue weighted by Crippen LogP contribution is -2.53. The van der Waals surface area contributed by atoms with E-state index < -0.39 is 12.0 Å². The first-order chi connectivity index (χ1) is 9.36. The zero-order valence-electron chi connectivity index (χ0n) is 12.9. The van der Waals surface area contributed by atoms with Gasteiger partial charge in [0.2, 0.25) is 0 Å². The first-order valence-electron chi connectivity index (χ1n) is 7.35. The number of likely N-dealkylation sites (tertiary alicyclic amines) is 1. The van der Waals surface area contributed by atoms with Crippen LogP contribution in [0.4, 0.5) is 4.79 Å². The van der Waals surface area contributed by atoms with E-state index in [0.29, 0.717) is 0 Å². The molecule has 20 heavy (non-hydrogen) atoms. The van der Waals surface area contributed by atoms with E-state index in [1.807, 2.05) is 0 Å². The monoisotopic (exact) mass is 285 g/mol. The van der Waals surface area contributed by atoms with E-state index in [-0.39, 0.29) is 18.0 Å². The van der Waals surface area contributed by atoms with E-state index in [9.17, 15) is 9.59 Å². The summed E-state index contributed by atoms with van der Waals surface area (Å²) in [6.45, 7) is 8.74. The van der Waals surface area contributed by atoms with Crippen LogP contribution in [0.15, 0.2) is 0 Å². The number of carbonyl (C=O) groups is 2. The molecule has 0 aromatic carbocycles. The van der Waals surface area contributed by atoms with E-state index >= 15 is 0 Å². The van der Waals surface area contributed by atoms with E-state index in [2.05, 4.69) is 17.1 Å². The molecule has 1 atom stereocenters. The fourth-order valence-electron chi connectivity index (χ4n) is 2.54. The van der Waals surface area contributed by atoms with Crippen molar-refractivity contribution in [2.24, 2.45) is 5.92 Å². The topological polar surface area (TPSA) is 72.9 Å². The number of hydrogen-bond donors (Lipinski definition) is 2. The molecule has 1 rings (SSSR count). The van der Waals surface area contributed by atoms with Gasteiger partial charge in [0.05, 0.1) is 0 Å². The van der Waals surface area contributed by atoms with E-state index in [1.54, 1.807) is 25.8 Å². The molecule has 1 saturated heterocycles. The lowest BCUT2D eigenvalue weighted by molar-refractivity contribution is -0.140. The minimum atomic E-state index is -0.984. The molecule has 6 nitrogen and oxygen atoms in total. The van der Waals surface area contributed by atoms with Crippen molar-refractivity contribution in [1.82, 2.24) is 15.1 Å². The van der Waals surface area contributed by atoms with Gasteiger partial charge in [-0.3, -0.25) is 0 Å². The minimum absolute atomic E-state index is 0.133. The summed E-state index contributed by atoms with van der Waals surface area (Å²) in [5, 5.41) is 11.7. The summed E-state index contributed by atoms with van der Waals surface area (Å²) in [4.78, 5) is 27.3. The van der Waals surface area contributed by atoms with E-state index in [4.69, 9.17) is 5.11 Å². The van der Waals surface area contributed by atoms with Crippen molar-refractivity contribution >= 4 is 12.0 Å². The third-order valence-corrected chi connectivity index (χ3v) is 4.08. The molecular formula is C14H27N3O3. The van der Waals surface area contributed by atoms with Crippen molar-refractivity contribution in [3.05, 3.63) is 0 Å². The molecule has 1 aliphatic rings. The predicted octanol–water partition coefficient (Wildman–Crippen LogP) is 1.22. The Morgan fingerprint density at radius 1 is 1.35 bits per heavy atom. The molecule has 2 N–H and O–H groups in total. The Bertz CT molecular complexity index is 339. The minimum Gasteiger partial charge on any atom is -0.480 e. The van der Waals surface area contributed by atoms with E-state index in [1.165, 1.54) is 0 Å². The highest BCUT2D eigenvalue weighted by Crippen LogP contribution is 2.15. The SMILES string of the molecule is CCN1CCC(N(C)C(=O)N[C@H](C(=O)O)C(C)C)CC1. The first-order valence-corrected chi connectivity index (χ1v) is 7.35.